The highest BCUT2D eigenvalue weighted by atomic mass is 32.2. The molecule has 3 nitrogen and oxygen atoms in total. The van der Waals surface area contributed by atoms with Crippen LogP contribution in [-0.2, 0) is 0 Å². The lowest BCUT2D eigenvalue weighted by atomic mass is 10.5. The summed E-state index contributed by atoms with van der Waals surface area (Å²) in [7, 11) is 0. The van der Waals surface area contributed by atoms with Crippen LogP contribution in [0.4, 0.5) is 5.95 Å². The first-order valence-corrected chi connectivity index (χ1v) is 6.97. The van der Waals surface area contributed by atoms with Crippen molar-refractivity contribution >= 4 is 29.5 Å². The third kappa shape index (κ3) is 2.33. The van der Waals surface area contributed by atoms with E-state index in [0.29, 0.717) is 0 Å². The molecule has 76 valence electrons. The second-order valence-electron chi connectivity index (χ2n) is 3.02. The summed E-state index contributed by atoms with van der Waals surface area (Å²) >= 11 is 3.68. The fraction of sp³-hybridized carbons (Fsp3) is 0.556. The Morgan fingerprint density at radius 2 is 1.93 bits per heavy atom. The minimum Gasteiger partial charge on any atom is -0.339 e. The topological polar surface area (TPSA) is 29.0 Å². The molecule has 0 unspecified atom stereocenters. The van der Waals surface area contributed by atoms with Crippen LogP contribution < -0.4 is 4.90 Å². The molecule has 1 saturated heterocycles. The zero-order chi connectivity index (χ0) is 9.80. The van der Waals surface area contributed by atoms with Crippen molar-refractivity contribution in [3.63, 3.8) is 0 Å². The van der Waals surface area contributed by atoms with Crippen LogP contribution in [0.1, 0.15) is 0 Å². The van der Waals surface area contributed by atoms with Crippen LogP contribution in [0.5, 0.6) is 0 Å². The maximum Gasteiger partial charge on any atom is 0.225 e. The van der Waals surface area contributed by atoms with Crippen molar-refractivity contribution in [1.29, 1.82) is 0 Å². The van der Waals surface area contributed by atoms with E-state index in [1.54, 1.807) is 11.8 Å². The average Bonchev–Trinajstić information content (AvgIpc) is 2.30. The van der Waals surface area contributed by atoms with Crippen molar-refractivity contribution in [2.24, 2.45) is 0 Å². The lowest BCUT2D eigenvalue weighted by Crippen LogP contribution is -2.33. The quantitative estimate of drug-likeness (QED) is 0.718. The molecule has 1 aliphatic rings. The van der Waals surface area contributed by atoms with E-state index in [2.05, 4.69) is 14.9 Å². The van der Waals surface area contributed by atoms with Gasteiger partial charge in [0.25, 0.3) is 0 Å². The van der Waals surface area contributed by atoms with E-state index >= 15 is 0 Å². The summed E-state index contributed by atoms with van der Waals surface area (Å²) in [5.74, 6) is 3.25. The first-order chi connectivity index (χ1) is 6.90. The Labute approximate surface area is 92.7 Å². The maximum atomic E-state index is 4.36. The largest absolute Gasteiger partial charge is 0.339 e. The van der Waals surface area contributed by atoms with Crippen LogP contribution in [0.2, 0.25) is 0 Å². The monoisotopic (exact) mass is 227 g/mol. The molecule has 0 aromatic carbocycles. The minimum atomic E-state index is 0.878. The molecule has 0 atom stereocenters. The molecule has 2 rings (SSSR count). The molecule has 5 heteroatoms. The predicted octanol–water partition coefficient (Wildman–Crippen LogP) is 1.75. The molecule has 1 aromatic rings. The van der Waals surface area contributed by atoms with Crippen LogP contribution >= 0.6 is 23.5 Å². The lowest BCUT2D eigenvalue weighted by molar-refractivity contribution is 0.810. The number of thioether (sulfide) groups is 2. The van der Waals surface area contributed by atoms with Crippen LogP contribution in [0, 0.1) is 0 Å². The van der Waals surface area contributed by atoms with Gasteiger partial charge in [0.2, 0.25) is 5.95 Å². The summed E-state index contributed by atoms with van der Waals surface area (Å²) in [6.07, 6.45) is 5.83. The molecule has 0 radical (unpaired) electrons. The summed E-state index contributed by atoms with van der Waals surface area (Å²) < 4.78 is 0. The molecule has 0 saturated carbocycles. The Balaban J connectivity index is 2.07. The summed E-state index contributed by atoms with van der Waals surface area (Å²) in [5, 5.41) is 0. The highest BCUT2D eigenvalue weighted by Gasteiger charge is 2.12. The van der Waals surface area contributed by atoms with Crippen LogP contribution in [0.25, 0.3) is 0 Å². The molecule has 0 spiro atoms. The molecule has 0 bridgehead atoms. The van der Waals surface area contributed by atoms with Gasteiger partial charge in [-0.25, -0.2) is 9.97 Å². The van der Waals surface area contributed by atoms with Crippen LogP contribution in [-0.4, -0.2) is 40.8 Å². The van der Waals surface area contributed by atoms with Gasteiger partial charge in [0.15, 0.2) is 0 Å². The van der Waals surface area contributed by atoms with Crippen molar-refractivity contribution in [3.8, 4) is 0 Å². The van der Waals surface area contributed by atoms with Crippen molar-refractivity contribution in [2.75, 3.05) is 35.8 Å². The molecule has 0 N–H and O–H groups in total. The Hall–Kier alpha value is -0.420. The standard InChI is InChI=1S/C9H13N3S2/c1-13-8-6-10-9(11-7-8)12-2-4-14-5-3-12/h6-7H,2-5H2,1H3. The Morgan fingerprint density at radius 3 is 2.50 bits per heavy atom. The molecule has 1 aromatic heterocycles. The van der Waals surface area contributed by atoms with Gasteiger partial charge in [0, 0.05) is 41.9 Å². The van der Waals surface area contributed by atoms with Crippen molar-refractivity contribution in [2.45, 2.75) is 4.90 Å². The van der Waals surface area contributed by atoms with E-state index in [0.717, 1.165) is 23.9 Å². The minimum absolute atomic E-state index is 0.878. The second kappa shape index (κ2) is 4.89. The molecule has 1 fully saturated rings. The first kappa shape index (κ1) is 10.1. The van der Waals surface area contributed by atoms with E-state index in [-0.39, 0.29) is 0 Å². The number of anilines is 1. The fourth-order valence-electron chi connectivity index (χ4n) is 1.34. The van der Waals surface area contributed by atoms with E-state index in [9.17, 15) is 0 Å². The van der Waals surface area contributed by atoms with Gasteiger partial charge in [0.05, 0.1) is 0 Å². The van der Waals surface area contributed by atoms with Gasteiger partial charge in [-0.15, -0.1) is 11.8 Å². The fourth-order valence-corrected chi connectivity index (χ4v) is 2.56. The van der Waals surface area contributed by atoms with E-state index in [4.69, 9.17) is 0 Å². The van der Waals surface area contributed by atoms with Gasteiger partial charge in [0.1, 0.15) is 0 Å². The third-order valence-corrected chi connectivity index (χ3v) is 3.77. The summed E-state index contributed by atoms with van der Waals surface area (Å²) in [5.41, 5.74) is 0. The molecule has 0 amide bonds. The summed E-state index contributed by atoms with van der Waals surface area (Å²) in [4.78, 5) is 12.1. The highest BCUT2D eigenvalue weighted by molar-refractivity contribution is 7.99. The Morgan fingerprint density at radius 1 is 1.29 bits per heavy atom. The van der Waals surface area contributed by atoms with Crippen molar-refractivity contribution in [1.82, 2.24) is 9.97 Å². The second-order valence-corrected chi connectivity index (χ2v) is 5.13. The van der Waals surface area contributed by atoms with E-state index in [1.807, 2.05) is 30.4 Å². The smallest absolute Gasteiger partial charge is 0.225 e. The molecular formula is C9H13N3S2. The van der Waals surface area contributed by atoms with E-state index in [1.165, 1.54) is 11.5 Å². The lowest BCUT2D eigenvalue weighted by Gasteiger charge is -2.26. The van der Waals surface area contributed by atoms with Gasteiger partial charge in [-0.3, -0.25) is 0 Å². The van der Waals surface area contributed by atoms with Gasteiger partial charge in [-0.2, -0.15) is 11.8 Å². The third-order valence-electron chi connectivity index (χ3n) is 2.14. The van der Waals surface area contributed by atoms with Gasteiger partial charge in [-0.05, 0) is 6.26 Å². The number of hydrogen-bond acceptors (Lipinski definition) is 5. The number of aromatic nitrogens is 2. The van der Waals surface area contributed by atoms with Crippen molar-refractivity contribution in [3.05, 3.63) is 12.4 Å². The number of hydrogen-bond donors (Lipinski definition) is 0. The molecular weight excluding hydrogens is 214 g/mol. The zero-order valence-corrected chi connectivity index (χ0v) is 9.77. The van der Waals surface area contributed by atoms with E-state index < -0.39 is 0 Å². The highest BCUT2D eigenvalue weighted by Crippen LogP contribution is 2.17. The SMILES string of the molecule is CSc1cnc(N2CCSCC2)nc1. The Kier molecular flexibility index (Phi) is 3.53. The van der Waals surface area contributed by atoms with Gasteiger partial charge >= 0.3 is 0 Å². The number of rotatable bonds is 2. The van der Waals surface area contributed by atoms with Gasteiger partial charge < -0.3 is 4.90 Å². The molecule has 0 aliphatic carbocycles. The first-order valence-electron chi connectivity index (χ1n) is 4.59. The zero-order valence-electron chi connectivity index (χ0n) is 8.14. The molecule has 14 heavy (non-hydrogen) atoms. The van der Waals surface area contributed by atoms with Crippen molar-refractivity contribution < 1.29 is 0 Å². The number of nitrogens with zero attached hydrogens (tertiary/aromatic N) is 3. The normalized spacial score (nSPS) is 17.1. The summed E-state index contributed by atoms with van der Waals surface area (Å²) in [6.45, 7) is 2.15. The van der Waals surface area contributed by atoms with Crippen LogP contribution in [0.15, 0.2) is 17.3 Å². The molecule has 2 heterocycles. The maximum absolute atomic E-state index is 4.36. The van der Waals surface area contributed by atoms with Gasteiger partial charge in [-0.1, -0.05) is 0 Å². The summed E-state index contributed by atoms with van der Waals surface area (Å²) in [6, 6.07) is 0. The molecule has 1 aliphatic heterocycles. The van der Waals surface area contributed by atoms with Crippen LogP contribution in [0.3, 0.4) is 0 Å². The average molecular weight is 227 g/mol. The predicted molar refractivity (Wildman–Crippen MR) is 63.4 cm³/mol. The Bertz CT molecular complexity index is 283.